The second-order valence-corrected chi connectivity index (χ2v) is 5.48. The van der Waals surface area contributed by atoms with Crippen LogP contribution in [0.25, 0.3) is 11.5 Å². The summed E-state index contributed by atoms with van der Waals surface area (Å²) in [6.07, 6.45) is 0.587. The van der Waals surface area contributed by atoms with Crippen molar-refractivity contribution >= 4 is 11.6 Å². The number of anilines is 1. The highest BCUT2D eigenvalue weighted by molar-refractivity contribution is 5.90. The molecule has 0 radical (unpaired) electrons. The van der Waals surface area contributed by atoms with E-state index in [-0.39, 0.29) is 12.3 Å². The van der Waals surface area contributed by atoms with E-state index in [1.807, 2.05) is 24.3 Å². The molecule has 0 aliphatic heterocycles. The van der Waals surface area contributed by atoms with Gasteiger partial charge < -0.3 is 19.2 Å². The van der Waals surface area contributed by atoms with Crippen LogP contribution in [0.15, 0.2) is 52.9 Å². The van der Waals surface area contributed by atoms with Gasteiger partial charge in [0, 0.05) is 18.5 Å². The van der Waals surface area contributed by atoms with Crippen LogP contribution in [0.3, 0.4) is 0 Å². The van der Waals surface area contributed by atoms with Gasteiger partial charge in [0.15, 0.2) is 0 Å². The Hall–Kier alpha value is -3.35. The molecule has 1 heterocycles. The quantitative estimate of drug-likeness (QED) is 0.701. The van der Waals surface area contributed by atoms with Gasteiger partial charge in [0.1, 0.15) is 11.5 Å². The van der Waals surface area contributed by atoms with Crippen molar-refractivity contribution in [1.82, 2.24) is 10.2 Å². The zero-order valence-electron chi connectivity index (χ0n) is 14.6. The van der Waals surface area contributed by atoms with E-state index in [0.29, 0.717) is 29.6 Å². The molecule has 7 nitrogen and oxygen atoms in total. The van der Waals surface area contributed by atoms with E-state index in [4.69, 9.17) is 13.9 Å². The van der Waals surface area contributed by atoms with Crippen LogP contribution in [0.1, 0.15) is 12.3 Å². The standard InChI is InChI=1S/C19H19N3O4/c1-24-14-9-7-13(8-10-14)20-17(23)11-12-18-21-22-19(26-18)15-5-3-4-6-16(15)25-2/h3-10H,11-12H2,1-2H3,(H,20,23). The molecule has 3 aromatic rings. The molecule has 0 aliphatic carbocycles. The minimum absolute atomic E-state index is 0.132. The van der Waals surface area contributed by atoms with Crippen molar-refractivity contribution in [2.75, 3.05) is 19.5 Å². The van der Waals surface area contributed by atoms with Gasteiger partial charge in [-0.25, -0.2) is 0 Å². The molecule has 0 saturated heterocycles. The van der Waals surface area contributed by atoms with Crippen molar-refractivity contribution in [3.8, 4) is 23.0 Å². The van der Waals surface area contributed by atoms with Gasteiger partial charge in [-0.3, -0.25) is 4.79 Å². The van der Waals surface area contributed by atoms with Crippen molar-refractivity contribution in [2.45, 2.75) is 12.8 Å². The fraction of sp³-hybridized carbons (Fsp3) is 0.211. The lowest BCUT2D eigenvalue weighted by Gasteiger charge is -2.05. The maximum Gasteiger partial charge on any atom is 0.251 e. The summed E-state index contributed by atoms with van der Waals surface area (Å²) >= 11 is 0. The number of benzene rings is 2. The Balaban J connectivity index is 1.58. The van der Waals surface area contributed by atoms with Crippen molar-refractivity contribution in [3.05, 3.63) is 54.4 Å². The van der Waals surface area contributed by atoms with Crippen molar-refractivity contribution in [2.24, 2.45) is 0 Å². The molecule has 0 atom stereocenters. The normalized spacial score (nSPS) is 10.4. The summed E-state index contributed by atoms with van der Waals surface area (Å²) in [6, 6.07) is 14.5. The third-order valence-corrected chi connectivity index (χ3v) is 3.74. The molecule has 1 aromatic heterocycles. The first kappa shape index (κ1) is 17.5. The summed E-state index contributed by atoms with van der Waals surface area (Å²) < 4.78 is 16.0. The van der Waals surface area contributed by atoms with Gasteiger partial charge in [-0.1, -0.05) is 12.1 Å². The molecule has 0 spiro atoms. The first-order valence-electron chi connectivity index (χ1n) is 8.09. The molecule has 2 aromatic carbocycles. The molecule has 134 valence electrons. The number of nitrogens with one attached hydrogen (secondary N) is 1. The SMILES string of the molecule is COc1ccc(NC(=O)CCc2nnc(-c3ccccc3OC)o2)cc1. The number of carbonyl (C=O) groups excluding carboxylic acids is 1. The number of amides is 1. The average Bonchev–Trinajstić information content (AvgIpc) is 3.16. The van der Waals surface area contributed by atoms with Gasteiger partial charge in [-0.2, -0.15) is 0 Å². The van der Waals surface area contributed by atoms with Crippen molar-refractivity contribution < 1.29 is 18.7 Å². The van der Waals surface area contributed by atoms with E-state index in [9.17, 15) is 4.79 Å². The minimum Gasteiger partial charge on any atom is -0.497 e. The fourth-order valence-electron chi connectivity index (χ4n) is 2.40. The summed E-state index contributed by atoms with van der Waals surface area (Å²) in [5.41, 5.74) is 1.42. The van der Waals surface area contributed by atoms with Gasteiger partial charge in [-0.15, -0.1) is 10.2 Å². The molecule has 1 N–H and O–H groups in total. The Morgan fingerprint density at radius 1 is 1.04 bits per heavy atom. The molecular formula is C19H19N3O4. The highest BCUT2D eigenvalue weighted by atomic mass is 16.5. The van der Waals surface area contributed by atoms with Gasteiger partial charge in [-0.05, 0) is 36.4 Å². The third kappa shape index (κ3) is 4.18. The first-order chi connectivity index (χ1) is 12.7. The number of rotatable bonds is 7. The summed E-state index contributed by atoms with van der Waals surface area (Å²) in [4.78, 5) is 12.1. The Kier molecular flexibility index (Phi) is 5.48. The number of hydrogen-bond donors (Lipinski definition) is 1. The molecule has 1 amide bonds. The largest absolute Gasteiger partial charge is 0.497 e. The number of ether oxygens (including phenoxy) is 2. The molecule has 0 unspecified atom stereocenters. The van der Waals surface area contributed by atoms with Gasteiger partial charge in [0.2, 0.25) is 11.8 Å². The van der Waals surface area contributed by atoms with E-state index in [1.54, 1.807) is 38.5 Å². The molecule has 0 saturated carbocycles. The van der Waals surface area contributed by atoms with Crippen LogP contribution in [0, 0.1) is 0 Å². The Bertz CT molecular complexity index is 875. The number of methoxy groups -OCH3 is 2. The molecular weight excluding hydrogens is 334 g/mol. The van der Waals surface area contributed by atoms with E-state index < -0.39 is 0 Å². The lowest BCUT2D eigenvalue weighted by molar-refractivity contribution is -0.116. The second kappa shape index (κ2) is 8.15. The average molecular weight is 353 g/mol. The summed E-state index contributed by atoms with van der Waals surface area (Å²) in [5.74, 6) is 2.02. The van der Waals surface area contributed by atoms with Crippen molar-refractivity contribution in [1.29, 1.82) is 0 Å². The zero-order valence-corrected chi connectivity index (χ0v) is 14.6. The fourth-order valence-corrected chi connectivity index (χ4v) is 2.40. The van der Waals surface area contributed by atoms with Crippen molar-refractivity contribution in [3.63, 3.8) is 0 Å². The van der Waals surface area contributed by atoms with Crippen LogP contribution in [0.4, 0.5) is 5.69 Å². The smallest absolute Gasteiger partial charge is 0.251 e. The molecule has 0 bridgehead atoms. The van der Waals surface area contributed by atoms with E-state index >= 15 is 0 Å². The van der Waals surface area contributed by atoms with Gasteiger partial charge in [0.25, 0.3) is 5.89 Å². The molecule has 26 heavy (non-hydrogen) atoms. The Labute approximate surface area is 151 Å². The maximum absolute atomic E-state index is 12.1. The molecule has 0 fully saturated rings. The third-order valence-electron chi connectivity index (χ3n) is 3.74. The van der Waals surface area contributed by atoms with E-state index in [2.05, 4.69) is 15.5 Å². The predicted molar refractivity (Wildman–Crippen MR) is 96.2 cm³/mol. The highest BCUT2D eigenvalue weighted by Gasteiger charge is 2.14. The van der Waals surface area contributed by atoms with Crippen LogP contribution in [0.5, 0.6) is 11.5 Å². The zero-order chi connectivity index (χ0) is 18.4. The molecule has 0 aliphatic rings. The number of nitrogens with zero attached hydrogens (tertiary/aromatic N) is 2. The summed E-state index contributed by atoms with van der Waals surface area (Å²) in [5, 5.41) is 10.9. The number of hydrogen-bond acceptors (Lipinski definition) is 6. The van der Waals surface area contributed by atoms with Crippen LogP contribution in [0.2, 0.25) is 0 Å². The van der Waals surface area contributed by atoms with Crippen LogP contribution in [-0.4, -0.2) is 30.3 Å². The number of aromatic nitrogens is 2. The van der Waals surface area contributed by atoms with E-state index in [0.717, 1.165) is 11.3 Å². The molecule has 3 rings (SSSR count). The molecule has 7 heteroatoms. The number of aryl methyl sites for hydroxylation is 1. The monoisotopic (exact) mass is 353 g/mol. The number of para-hydroxylation sites is 1. The lowest BCUT2D eigenvalue weighted by atomic mass is 10.2. The second-order valence-electron chi connectivity index (χ2n) is 5.48. The Morgan fingerprint density at radius 2 is 1.81 bits per heavy atom. The topological polar surface area (TPSA) is 86.5 Å². The first-order valence-corrected chi connectivity index (χ1v) is 8.09. The predicted octanol–water partition coefficient (Wildman–Crippen LogP) is 3.33. The van der Waals surface area contributed by atoms with E-state index in [1.165, 1.54) is 0 Å². The highest BCUT2D eigenvalue weighted by Crippen LogP contribution is 2.28. The van der Waals surface area contributed by atoms with Gasteiger partial charge >= 0.3 is 0 Å². The van der Waals surface area contributed by atoms with Crippen LogP contribution >= 0.6 is 0 Å². The summed E-state index contributed by atoms with van der Waals surface area (Å²) in [6.45, 7) is 0. The lowest BCUT2D eigenvalue weighted by Crippen LogP contribution is -2.12. The maximum atomic E-state index is 12.1. The minimum atomic E-state index is -0.132. The van der Waals surface area contributed by atoms with Crippen LogP contribution < -0.4 is 14.8 Å². The number of carbonyl (C=O) groups is 1. The summed E-state index contributed by atoms with van der Waals surface area (Å²) in [7, 11) is 3.18. The van der Waals surface area contributed by atoms with Crippen LogP contribution in [-0.2, 0) is 11.2 Å². The Morgan fingerprint density at radius 3 is 2.54 bits per heavy atom. The van der Waals surface area contributed by atoms with Gasteiger partial charge in [0.05, 0.1) is 19.8 Å².